The number of aliphatic hydroxyl groups is 1. The summed E-state index contributed by atoms with van der Waals surface area (Å²) in [5.74, 6) is -2.68. The van der Waals surface area contributed by atoms with Gasteiger partial charge >= 0.3 is 6.03 Å². The van der Waals surface area contributed by atoms with Crippen LogP contribution in [0.4, 0.5) is 25.0 Å². The molecule has 1 aromatic carbocycles. The Bertz CT molecular complexity index is 1130. The van der Waals surface area contributed by atoms with Crippen LogP contribution in [0.1, 0.15) is 48.4 Å². The second-order valence-corrected chi connectivity index (χ2v) is 8.43. The normalized spacial score (nSPS) is 16.3. The zero-order valence-corrected chi connectivity index (χ0v) is 18.2. The summed E-state index contributed by atoms with van der Waals surface area (Å²) >= 11 is 0. The Morgan fingerprint density at radius 2 is 2.00 bits per heavy atom. The first kappa shape index (κ1) is 22.1. The zero-order valence-electron chi connectivity index (χ0n) is 18.2. The molecule has 7 nitrogen and oxygen atoms in total. The number of aromatic nitrogens is 3. The summed E-state index contributed by atoms with van der Waals surface area (Å²) in [6.07, 6.45) is 3.99. The first-order chi connectivity index (χ1) is 15.3. The molecule has 3 N–H and O–H groups in total. The van der Waals surface area contributed by atoms with Gasteiger partial charge in [0.25, 0.3) is 0 Å². The zero-order chi connectivity index (χ0) is 22.9. The van der Waals surface area contributed by atoms with E-state index in [0.29, 0.717) is 36.2 Å². The fraction of sp³-hybridized carbons (Fsp3) is 0.435. The van der Waals surface area contributed by atoms with Crippen LogP contribution in [-0.2, 0) is 13.5 Å². The van der Waals surface area contributed by atoms with E-state index >= 15 is 0 Å². The molecule has 1 aliphatic rings. The van der Waals surface area contributed by atoms with E-state index < -0.39 is 12.0 Å². The summed E-state index contributed by atoms with van der Waals surface area (Å²) in [5.41, 5.74) is 5.09. The number of anilines is 2. The van der Waals surface area contributed by atoms with Gasteiger partial charge < -0.3 is 20.3 Å². The minimum Gasteiger partial charge on any atom is -0.396 e. The number of imidazole rings is 1. The molecule has 1 fully saturated rings. The first-order valence-corrected chi connectivity index (χ1v) is 10.7. The fourth-order valence-corrected chi connectivity index (χ4v) is 4.33. The van der Waals surface area contributed by atoms with Crippen molar-refractivity contribution >= 4 is 28.4 Å². The Morgan fingerprint density at radius 3 is 2.72 bits per heavy atom. The van der Waals surface area contributed by atoms with E-state index in [1.807, 2.05) is 30.7 Å². The van der Waals surface area contributed by atoms with E-state index in [0.717, 1.165) is 22.3 Å². The number of hydrogen-bond donors (Lipinski definition) is 3. The lowest BCUT2D eigenvalue weighted by molar-refractivity contribution is -0.0385. The van der Waals surface area contributed by atoms with Crippen LogP contribution in [0.15, 0.2) is 30.7 Å². The largest absolute Gasteiger partial charge is 0.396 e. The maximum atomic E-state index is 13.5. The Hall–Kier alpha value is -3.07. The predicted molar refractivity (Wildman–Crippen MR) is 119 cm³/mol. The van der Waals surface area contributed by atoms with Crippen LogP contribution in [-0.4, -0.2) is 38.2 Å². The van der Waals surface area contributed by atoms with Crippen LogP contribution in [0, 0.1) is 6.92 Å². The molecule has 9 heteroatoms. The third kappa shape index (κ3) is 4.57. The molecule has 2 amide bonds. The van der Waals surface area contributed by atoms with Crippen molar-refractivity contribution < 1.29 is 18.7 Å². The standard InChI is InChI=1S/C23H27F2N5O2/c1-14-3-4-18-21(27-13-30(18)2)19(14)29-22(32)28-17-11-16(7-10-31)20(26-12-17)15-5-8-23(24,25)9-6-15/h3-4,11-13,15,31H,5-10H2,1-2H3,(H2,28,29,32). The molecule has 0 unspecified atom stereocenters. The molecule has 3 aromatic rings. The van der Waals surface area contributed by atoms with Crippen LogP contribution >= 0.6 is 0 Å². The third-order valence-electron chi connectivity index (χ3n) is 6.09. The van der Waals surface area contributed by atoms with E-state index in [1.165, 1.54) is 6.20 Å². The lowest BCUT2D eigenvalue weighted by Gasteiger charge is -2.29. The highest BCUT2D eigenvalue weighted by Gasteiger charge is 2.36. The number of aliphatic hydroxyl groups excluding tert-OH is 1. The van der Waals surface area contributed by atoms with Gasteiger partial charge in [-0.2, -0.15) is 0 Å². The molecule has 4 rings (SSSR count). The van der Waals surface area contributed by atoms with Crippen molar-refractivity contribution in [3.8, 4) is 0 Å². The number of nitrogens with zero attached hydrogens (tertiary/aromatic N) is 3. The molecule has 32 heavy (non-hydrogen) atoms. The van der Waals surface area contributed by atoms with Gasteiger partial charge in [0.2, 0.25) is 5.92 Å². The second-order valence-electron chi connectivity index (χ2n) is 8.43. The van der Waals surface area contributed by atoms with E-state index in [9.17, 15) is 18.7 Å². The van der Waals surface area contributed by atoms with Gasteiger partial charge in [0, 0.05) is 38.1 Å². The second kappa shape index (κ2) is 8.82. The number of alkyl halides is 2. The number of nitrogens with one attached hydrogen (secondary N) is 2. The number of pyridine rings is 1. The Labute approximate surface area is 184 Å². The fourth-order valence-electron chi connectivity index (χ4n) is 4.33. The lowest BCUT2D eigenvalue weighted by Crippen LogP contribution is -2.25. The molecule has 2 heterocycles. The molecular weight excluding hydrogens is 416 g/mol. The third-order valence-corrected chi connectivity index (χ3v) is 6.09. The van der Waals surface area contributed by atoms with Crippen molar-refractivity contribution in [1.82, 2.24) is 14.5 Å². The molecule has 0 saturated heterocycles. The smallest absolute Gasteiger partial charge is 0.323 e. The molecule has 2 aromatic heterocycles. The number of amides is 2. The van der Waals surface area contributed by atoms with Crippen LogP contribution < -0.4 is 10.6 Å². The summed E-state index contributed by atoms with van der Waals surface area (Å²) in [6, 6.07) is 5.20. The number of rotatable bonds is 5. The molecule has 0 aliphatic heterocycles. The Morgan fingerprint density at radius 1 is 1.25 bits per heavy atom. The first-order valence-electron chi connectivity index (χ1n) is 10.7. The van der Waals surface area contributed by atoms with Gasteiger partial charge in [0.15, 0.2) is 0 Å². The van der Waals surface area contributed by atoms with Crippen LogP contribution in [0.3, 0.4) is 0 Å². The van der Waals surface area contributed by atoms with Crippen LogP contribution in [0.5, 0.6) is 0 Å². The quantitative estimate of drug-likeness (QED) is 0.531. The molecule has 0 atom stereocenters. The van der Waals surface area contributed by atoms with Gasteiger partial charge in [-0.1, -0.05) is 6.07 Å². The molecule has 0 radical (unpaired) electrons. The van der Waals surface area contributed by atoms with E-state index in [4.69, 9.17) is 0 Å². The van der Waals surface area contributed by atoms with Crippen LogP contribution in [0.25, 0.3) is 11.0 Å². The van der Waals surface area contributed by atoms with Crippen molar-refractivity contribution in [3.05, 3.63) is 47.5 Å². The van der Waals surface area contributed by atoms with E-state index in [1.54, 1.807) is 12.4 Å². The SMILES string of the molecule is Cc1ccc2c(ncn2C)c1NC(=O)Nc1cnc(C2CCC(F)(F)CC2)c(CCO)c1. The van der Waals surface area contributed by atoms with Gasteiger partial charge in [-0.05, 0) is 49.4 Å². The van der Waals surface area contributed by atoms with E-state index in [-0.39, 0.29) is 25.4 Å². The summed E-state index contributed by atoms with van der Waals surface area (Å²) in [5, 5.41) is 15.1. The van der Waals surface area contributed by atoms with Crippen molar-refractivity contribution in [2.45, 2.75) is 50.9 Å². The van der Waals surface area contributed by atoms with Gasteiger partial charge in [0.1, 0.15) is 5.52 Å². The Balaban J connectivity index is 1.51. The van der Waals surface area contributed by atoms with Gasteiger partial charge in [-0.3, -0.25) is 4.98 Å². The predicted octanol–water partition coefficient (Wildman–Crippen LogP) is 4.75. The summed E-state index contributed by atoms with van der Waals surface area (Å²) in [7, 11) is 1.89. The number of halogens is 2. The average Bonchev–Trinajstić information content (AvgIpc) is 3.12. The monoisotopic (exact) mass is 443 g/mol. The highest BCUT2D eigenvalue weighted by molar-refractivity contribution is 6.05. The van der Waals surface area contributed by atoms with Gasteiger partial charge in [-0.15, -0.1) is 0 Å². The number of benzene rings is 1. The maximum absolute atomic E-state index is 13.5. The molecule has 1 aliphatic carbocycles. The highest BCUT2D eigenvalue weighted by atomic mass is 19.3. The molecule has 0 bridgehead atoms. The maximum Gasteiger partial charge on any atom is 0.323 e. The number of carbonyl (C=O) groups excluding carboxylic acids is 1. The van der Waals surface area contributed by atoms with Crippen molar-refractivity contribution in [3.63, 3.8) is 0 Å². The number of fused-ring (bicyclic) bond motifs is 1. The number of hydrogen-bond acceptors (Lipinski definition) is 4. The topological polar surface area (TPSA) is 92.1 Å². The summed E-state index contributed by atoms with van der Waals surface area (Å²) in [4.78, 5) is 21.6. The highest BCUT2D eigenvalue weighted by Crippen LogP contribution is 2.41. The minimum absolute atomic E-state index is 0.0662. The number of aryl methyl sites for hydroxylation is 2. The molecule has 170 valence electrons. The summed E-state index contributed by atoms with van der Waals surface area (Å²) < 4.78 is 28.9. The lowest BCUT2D eigenvalue weighted by atomic mass is 9.82. The average molecular weight is 443 g/mol. The van der Waals surface area contributed by atoms with Gasteiger partial charge in [0.05, 0.1) is 29.4 Å². The van der Waals surface area contributed by atoms with Gasteiger partial charge in [-0.25, -0.2) is 18.6 Å². The summed E-state index contributed by atoms with van der Waals surface area (Å²) in [6.45, 7) is 1.81. The minimum atomic E-state index is -2.61. The molecule has 1 saturated carbocycles. The van der Waals surface area contributed by atoms with Crippen LogP contribution in [0.2, 0.25) is 0 Å². The molecular formula is C23H27F2N5O2. The number of carbonyl (C=O) groups is 1. The Kier molecular flexibility index (Phi) is 6.10. The van der Waals surface area contributed by atoms with E-state index in [2.05, 4.69) is 20.6 Å². The van der Waals surface area contributed by atoms with Crippen molar-refractivity contribution in [2.75, 3.05) is 17.2 Å². The van der Waals surface area contributed by atoms with Crippen molar-refractivity contribution in [2.24, 2.45) is 7.05 Å². The number of urea groups is 1. The molecule has 0 spiro atoms. The van der Waals surface area contributed by atoms with Crippen molar-refractivity contribution in [1.29, 1.82) is 0 Å².